The molecule has 1 rings (SSSR count). The summed E-state index contributed by atoms with van der Waals surface area (Å²) in [7, 11) is 0. The van der Waals surface area contributed by atoms with E-state index < -0.39 is 0 Å². The van der Waals surface area contributed by atoms with Crippen molar-refractivity contribution in [2.75, 3.05) is 19.6 Å². The maximum atomic E-state index is 5.78. The normalized spacial score (nSPS) is 14.4. The molecule has 92 valence electrons. The molecule has 0 aliphatic rings. The van der Waals surface area contributed by atoms with E-state index >= 15 is 0 Å². The number of furan rings is 1. The average Bonchev–Trinajstić information content (AvgIpc) is 2.78. The smallest absolute Gasteiger partial charge is 0.0950 e. The van der Waals surface area contributed by atoms with Crippen molar-refractivity contribution in [1.29, 1.82) is 0 Å². The van der Waals surface area contributed by atoms with E-state index in [0.29, 0.717) is 12.6 Å². The van der Waals surface area contributed by atoms with Gasteiger partial charge >= 0.3 is 0 Å². The van der Waals surface area contributed by atoms with Gasteiger partial charge in [0.1, 0.15) is 0 Å². The topological polar surface area (TPSA) is 42.4 Å². The highest BCUT2D eigenvalue weighted by Crippen LogP contribution is 2.24. The second-order valence-corrected chi connectivity index (χ2v) is 5.16. The van der Waals surface area contributed by atoms with Crippen LogP contribution >= 0.6 is 0 Å². The second kappa shape index (κ2) is 5.51. The van der Waals surface area contributed by atoms with Gasteiger partial charge in [-0.15, -0.1) is 0 Å². The summed E-state index contributed by atoms with van der Waals surface area (Å²) in [5, 5.41) is 0. The minimum absolute atomic E-state index is 0.161. The number of rotatable bonds is 6. The van der Waals surface area contributed by atoms with Gasteiger partial charge in [-0.25, -0.2) is 0 Å². The first-order valence-electron chi connectivity index (χ1n) is 5.96. The Morgan fingerprint density at radius 2 is 2.19 bits per heavy atom. The predicted octanol–water partition coefficient (Wildman–Crippen LogP) is 2.65. The maximum absolute atomic E-state index is 5.78. The zero-order valence-corrected chi connectivity index (χ0v) is 10.9. The van der Waals surface area contributed by atoms with Gasteiger partial charge in [-0.05, 0) is 31.5 Å². The minimum Gasteiger partial charge on any atom is -0.472 e. The van der Waals surface area contributed by atoms with E-state index in [2.05, 4.69) is 32.6 Å². The Morgan fingerprint density at radius 3 is 2.62 bits per heavy atom. The van der Waals surface area contributed by atoms with Gasteiger partial charge in [0.2, 0.25) is 0 Å². The zero-order valence-electron chi connectivity index (χ0n) is 10.9. The highest BCUT2D eigenvalue weighted by molar-refractivity contribution is 5.10. The lowest BCUT2D eigenvalue weighted by Crippen LogP contribution is -2.39. The van der Waals surface area contributed by atoms with Crippen molar-refractivity contribution in [1.82, 2.24) is 4.90 Å². The van der Waals surface area contributed by atoms with Gasteiger partial charge in [-0.1, -0.05) is 20.8 Å². The molecule has 3 heteroatoms. The SMILES string of the molecule is CCN(CC(C)(C)CN)C(C)c1ccoc1. The summed E-state index contributed by atoms with van der Waals surface area (Å²) < 4.78 is 5.14. The highest BCUT2D eigenvalue weighted by Gasteiger charge is 2.23. The number of hydrogen-bond acceptors (Lipinski definition) is 3. The first-order chi connectivity index (χ1) is 7.50. The van der Waals surface area contributed by atoms with E-state index in [0.717, 1.165) is 13.1 Å². The molecule has 1 aromatic rings. The largest absolute Gasteiger partial charge is 0.472 e. The van der Waals surface area contributed by atoms with Gasteiger partial charge in [-0.3, -0.25) is 4.90 Å². The molecule has 0 aliphatic carbocycles. The summed E-state index contributed by atoms with van der Waals surface area (Å²) in [6.45, 7) is 11.5. The molecule has 0 aliphatic heterocycles. The summed E-state index contributed by atoms with van der Waals surface area (Å²) >= 11 is 0. The molecule has 1 heterocycles. The van der Waals surface area contributed by atoms with Crippen molar-refractivity contribution in [3.8, 4) is 0 Å². The lowest BCUT2D eigenvalue weighted by atomic mass is 9.92. The molecule has 0 fully saturated rings. The van der Waals surface area contributed by atoms with E-state index in [-0.39, 0.29) is 5.41 Å². The standard InChI is InChI=1S/C13H24N2O/c1-5-15(10-13(3,4)9-14)11(2)12-6-7-16-8-12/h6-8,11H,5,9-10,14H2,1-4H3. The Hall–Kier alpha value is -0.800. The summed E-state index contributed by atoms with van der Waals surface area (Å²) in [5.41, 5.74) is 7.17. The monoisotopic (exact) mass is 224 g/mol. The van der Waals surface area contributed by atoms with Crippen molar-refractivity contribution < 1.29 is 4.42 Å². The van der Waals surface area contributed by atoms with Gasteiger partial charge in [0.25, 0.3) is 0 Å². The van der Waals surface area contributed by atoms with E-state index in [1.165, 1.54) is 5.56 Å². The third-order valence-electron chi connectivity index (χ3n) is 3.16. The molecular formula is C13H24N2O. The van der Waals surface area contributed by atoms with Gasteiger partial charge in [0, 0.05) is 18.2 Å². The molecule has 1 aromatic heterocycles. The van der Waals surface area contributed by atoms with Crippen molar-refractivity contribution >= 4 is 0 Å². The molecule has 0 aromatic carbocycles. The third kappa shape index (κ3) is 3.35. The lowest BCUT2D eigenvalue weighted by molar-refractivity contribution is 0.147. The van der Waals surface area contributed by atoms with Crippen LogP contribution in [0.3, 0.4) is 0 Å². The zero-order chi connectivity index (χ0) is 12.2. The molecule has 2 N–H and O–H groups in total. The molecule has 1 atom stereocenters. The molecule has 0 saturated carbocycles. The van der Waals surface area contributed by atoms with Crippen molar-refractivity contribution in [3.05, 3.63) is 24.2 Å². The Morgan fingerprint density at radius 1 is 1.50 bits per heavy atom. The lowest BCUT2D eigenvalue weighted by Gasteiger charge is -2.34. The van der Waals surface area contributed by atoms with E-state index in [4.69, 9.17) is 10.2 Å². The van der Waals surface area contributed by atoms with Crippen LogP contribution in [0.25, 0.3) is 0 Å². The molecule has 0 amide bonds. The molecule has 0 bridgehead atoms. The Kier molecular flexibility index (Phi) is 4.56. The quantitative estimate of drug-likeness (QED) is 0.807. The van der Waals surface area contributed by atoms with E-state index in [1.54, 1.807) is 6.26 Å². The van der Waals surface area contributed by atoms with Crippen molar-refractivity contribution in [2.24, 2.45) is 11.1 Å². The summed E-state index contributed by atoms with van der Waals surface area (Å²) in [4.78, 5) is 2.43. The number of hydrogen-bond donors (Lipinski definition) is 1. The molecule has 3 nitrogen and oxygen atoms in total. The average molecular weight is 224 g/mol. The summed E-state index contributed by atoms with van der Waals surface area (Å²) in [6, 6.07) is 2.41. The van der Waals surface area contributed by atoms with Crippen LogP contribution in [0.5, 0.6) is 0 Å². The second-order valence-electron chi connectivity index (χ2n) is 5.16. The van der Waals surface area contributed by atoms with Crippen LogP contribution in [0.2, 0.25) is 0 Å². The Balaban J connectivity index is 2.68. The van der Waals surface area contributed by atoms with Crippen LogP contribution < -0.4 is 5.73 Å². The molecule has 16 heavy (non-hydrogen) atoms. The fraction of sp³-hybridized carbons (Fsp3) is 0.692. The number of nitrogens with two attached hydrogens (primary N) is 1. The van der Waals surface area contributed by atoms with Gasteiger partial charge in [0.05, 0.1) is 12.5 Å². The number of nitrogens with zero attached hydrogens (tertiary/aromatic N) is 1. The van der Waals surface area contributed by atoms with Crippen molar-refractivity contribution in [3.63, 3.8) is 0 Å². The first kappa shape index (κ1) is 13.3. The Bertz CT molecular complexity index is 293. The van der Waals surface area contributed by atoms with Crippen LogP contribution in [0.15, 0.2) is 23.0 Å². The first-order valence-corrected chi connectivity index (χ1v) is 5.96. The van der Waals surface area contributed by atoms with Gasteiger partial charge < -0.3 is 10.2 Å². The fourth-order valence-electron chi connectivity index (χ4n) is 1.86. The summed E-state index contributed by atoms with van der Waals surface area (Å²) in [5.74, 6) is 0. The van der Waals surface area contributed by atoms with Crippen LogP contribution in [0, 0.1) is 5.41 Å². The predicted molar refractivity (Wildman–Crippen MR) is 67.2 cm³/mol. The van der Waals surface area contributed by atoms with E-state index in [1.807, 2.05) is 12.3 Å². The van der Waals surface area contributed by atoms with Crippen LogP contribution in [0.4, 0.5) is 0 Å². The van der Waals surface area contributed by atoms with Crippen LogP contribution in [-0.4, -0.2) is 24.5 Å². The molecular weight excluding hydrogens is 200 g/mol. The molecule has 0 saturated heterocycles. The minimum atomic E-state index is 0.161. The van der Waals surface area contributed by atoms with Crippen molar-refractivity contribution in [2.45, 2.75) is 33.7 Å². The Labute approximate surface area is 98.6 Å². The summed E-state index contributed by atoms with van der Waals surface area (Å²) in [6.07, 6.45) is 3.55. The third-order valence-corrected chi connectivity index (χ3v) is 3.16. The van der Waals surface area contributed by atoms with Gasteiger partial charge in [0.15, 0.2) is 0 Å². The molecule has 0 spiro atoms. The molecule has 1 unspecified atom stereocenters. The maximum Gasteiger partial charge on any atom is 0.0950 e. The fourth-order valence-corrected chi connectivity index (χ4v) is 1.86. The highest BCUT2D eigenvalue weighted by atomic mass is 16.3. The molecule has 0 radical (unpaired) electrons. The van der Waals surface area contributed by atoms with Crippen LogP contribution in [0.1, 0.15) is 39.3 Å². The van der Waals surface area contributed by atoms with E-state index in [9.17, 15) is 0 Å². The van der Waals surface area contributed by atoms with Gasteiger partial charge in [-0.2, -0.15) is 0 Å². The van der Waals surface area contributed by atoms with Crippen LogP contribution in [-0.2, 0) is 0 Å².